The molecule has 0 aliphatic heterocycles. The number of imide groups is 1. The van der Waals surface area contributed by atoms with Crippen molar-refractivity contribution in [3.05, 3.63) is 30.3 Å². The molecule has 0 bridgehead atoms. The van der Waals surface area contributed by atoms with E-state index < -0.39 is 11.3 Å². The summed E-state index contributed by atoms with van der Waals surface area (Å²) in [6, 6.07) is 9.49. The van der Waals surface area contributed by atoms with Gasteiger partial charge in [0.15, 0.2) is 11.0 Å². The molecule has 0 fully saturated rings. The summed E-state index contributed by atoms with van der Waals surface area (Å²) in [6.07, 6.45) is 0.907. The van der Waals surface area contributed by atoms with Gasteiger partial charge in [-0.3, -0.25) is 14.7 Å². The van der Waals surface area contributed by atoms with Crippen LogP contribution in [0.1, 0.15) is 33.2 Å². The maximum Gasteiger partial charge on any atom is 0.321 e. The molecule has 2 N–H and O–H groups in total. The molecule has 2 atom stereocenters. The van der Waals surface area contributed by atoms with Crippen LogP contribution in [0, 0.1) is 0 Å². The first-order valence-corrected chi connectivity index (χ1v) is 9.05. The van der Waals surface area contributed by atoms with Crippen LogP contribution in [-0.2, 0) is 4.79 Å². The molecule has 134 valence electrons. The second-order valence-corrected chi connectivity index (χ2v) is 6.94. The largest absolute Gasteiger partial charge is 0.341 e. The Hall–Kier alpha value is -2.35. The summed E-state index contributed by atoms with van der Waals surface area (Å²) in [7, 11) is 1.46. The SMILES string of the molecule is CC[C@H](C)n1c(S[C@H](C)C(=O)NC(=O)NC)nnc1-c1ccccc1. The Morgan fingerprint density at radius 3 is 2.48 bits per heavy atom. The summed E-state index contributed by atoms with van der Waals surface area (Å²) in [5.41, 5.74) is 0.976. The Bertz CT molecular complexity index is 732. The van der Waals surface area contributed by atoms with Gasteiger partial charge < -0.3 is 5.32 Å². The summed E-state index contributed by atoms with van der Waals surface area (Å²) >= 11 is 1.29. The average Bonchev–Trinajstić information content (AvgIpc) is 3.05. The Balaban J connectivity index is 2.28. The minimum atomic E-state index is -0.522. The molecule has 0 saturated carbocycles. The van der Waals surface area contributed by atoms with Gasteiger partial charge in [-0.15, -0.1) is 10.2 Å². The molecule has 1 heterocycles. The number of hydrogen-bond acceptors (Lipinski definition) is 5. The van der Waals surface area contributed by atoms with Gasteiger partial charge in [0.05, 0.1) is 5.25 Å². The number of urea groups is 1. The van der Waals surface area contributed by atoms with Crippen LogP contribution in [0.25, 0.3) is 11.4 Å². The van der Waals surface area contributed by atoms with Crippen LogP contribution in [0.3, 0.4) is 0 Å². The zero-order chi connectivity index (χ0) is 18.4. The fraction of sp³-hybridized carbons (Fsp3) is 0.412. The summed E-state index contributed by atoms with van der Waals surface area (Å²) in [4.78, 5) is 23.4. The number of aromatic nitrogens is 3. The number of carbonyl (C=O) groups is 2. The van der Waals surface area contributed by atoms with Crippen molar-refractivity contribution in [2.24, 2.45) is 0 Å². The second kappa shape index (κ2) is 8.66. The standard InChI is InChI=1S/C17H23N5O2S/c1-5-11(2)22-14(13-9-7-6-8-10-13)20-21-17(22)25-12(3)15(23)19-16(24)18-4/h6-12H,5H2,1-4H3,(H2,18,19,23,24)/t11-,12+/m0/s1. The first-order chi connectivity index (χ1) is 12.0. The molecule has 25 heavy (non-hydrogen) atoms. The highest BCUT2D eigenvalue weighted by molar-refractivity contribution is 8.00. The molecule has 2 rings (SSSR count). The highest BCUT2D eigenvalue weighted by atomic mass is 32.2. The number of nitrogens with zero attached hydrogens (tertiary/aromatic N) is 3. The van der Waals surface area contributed by atoms with E-state index in [-0.39, 0.29) is 11.9 Å². The normalized spacial score (nSPS) is 13.1. The third kappa shape index (κ3) is 4.60. The zero-order valence-electron chi connectivity index (χ0n) is 14.8. The Morgan fingerprint density at radius 1 is 1.20 bits per heavy atom. The summed E-state index contributed by atoms with van der Waals surface area (Å²) in [5, 5.41) is 13.4. The van der Waals surface area contributed by atoms with Gasteiger partial charge in [0.2, 0.25) is 5.91 Å². The molecule has 0 saturated heterocycles. The minimum Gasteiger partial charge on any atom is -0.341 e. The van der Waals surface area contributed by atoms with Crippen LogP contribution < -0.4 is 10.6 Å². The van der Waals surface area contributed by atoms with Crippen LogP contribution in [-0.4, -0.2) is 39.0 Å². The maximum absolute atomic E-state index is 12.1. The topological polar surface area (TPSA) is 88.9 Å². The van der Waals surface area contributed by atoms with Crippen molar-refractivity contribution >= 4 is 23.7 Å². The van der Waals surface area contributed by atoms with Gasteiger partial charge in [0.1, 0.15) is 0 Å². The van der Waals surface area contributed by atoms with Crippen LogP contribution in [0.15, 0.2) is 35.5 Å². The van der Waals surface area contributed by atoms with Crippen LogP contribution in [0.5, 0.6) is 0 Å². The highest BCUT2D eigenvalue weighted by Crippen LogP contribution is 2.30. The van der Waals surface area contributed by atoms with Crippen molar-refractivity contribution in [3.8, 4) is 11.4 Å². The lowest BCUT2D eigenvalue weighted by Crippen LogP contribution is -2.41. The monoisotopic (exact) mass is 361 g/mol. The number of thioether (sulfide) groups is 1. The molecule has 0 unspecified atom stereocenters. The summed E-state index contributed by atoms with van der Waals surface area (Å²) in [5.74, 6) is 0.403. The molecular formula is C17H23N5O2S. The second-order valence-electron chi connectivity index (χ2n) is 5.63. The minimum absolute atomic E-state index is 0.182. The molecular weight excluding hydrogens is 338 g/mol. The molecule has 8 heteroatoms. The van der Waals surface area contributed by atoms with Crippen LogP contribution in [0.4, 0.5) is 4.79 Å². The molecule has 0 radical (unpaired) electrons. The lowest BCUT2D eigenvalue weighted by molar-refractivity contribution is -0.119. The lowest BCUT2D eigenvalue weighted by Gasteiger charge is -2.18. The summed E-state index contributed by atoms with van der Waals surface area (Å²) in [6.45, 7) is 5.92. The summed E-state index contributed by atoms with van der Waals surface area (Å²) < 4.78 is 2.05. The molecule has 7 nitrogen and oxygen atoms in total. The first-order valence-electron chi connectivity index (χ1n) is 8.17. The van der Waals surface area contributed by atoms with E-state index in [1.165, 1.54) is 18.8 Å². The lowest BCUT2D eigenvalue weighted by atomic mass is 10.2. The third-order valence-electron chi connectivity index (χ3n) is 3.84. The van der Waals surface area contributed by atoms with E-state index in [2.05, 4.69) is 34.7 Å². The van der Waals surface area contributed by atoms with E-state index in [0.29, 0.717) is 5.16 Å². The van der Waals surface area contributed by atoms with Crippen molar-refractivity contribution < 1.29 is 9.59 Å². The van der Waals surface area contributed by atoms with Gasteiger partial charge in [0.25, 0.3) is 0 Å². The van der Waals surface area contributed by atoms with E-state index in [1.54, 1.807) is 6.92 Å². The fourth-order valence-electron chi connectivity index (χ4n) is 2.21. The molecule has 2 aromatic rings. The van der Waals surface area contributed by atoms with E-state index >= 15 is 0 Å². The van der Waals surface area contributed by atoms with Gasteiger partial charge in [-0.1, -0.05) is 49.0 Å². The number of amides is 3. The first kappa shape index (κ1) is 19.0. The van der Waals surface area contributed by atoms with Gasteiger partial charge in [-0.25, -0.2) is 4.79 Å². The van der Waals surface area contributed by atoms with Gasteiger partial charge in [0, 0.05) is 18.7 Å². The number of benzene rings is 1. The van der Waals surface area contributed by atoms with Crippen LogP contribution >= 0.6 is 11.8 Å². The van der Waals surface area contributed by atoms with Gasteiger partial charge in [-0.2, -0.15) is 0 Å². The quantitative estimate of drug-likeness (QED) is 0.772. The Kier molecular flexibility index (Phi) is 6.58. The highest BCUT2D eigenvalue weighted by Gasteiger charge is 2.23. The number of rotatable bonds is 6. The predicted molar refractivity (Wildman–Crippen MR) is 98.4 cm³/mol. The van der Waals surface area contributed by atoms with E-state index in [0.717, 1.165) is 17.8 Å². The molecule has 3 amide bonds. The van der Waals surface area contributed by atoms with E-state index in [1.807, 2.05) is 34.9 Å². The predicted octanol–water partition coefficient (Wildman–Crippen LogP) is 2.85. The number of hydrogen-bond donors (Lipinski definition) is 2. The van der Waals surface area contributed by atoms with Gasteiger partial charge >= 0.3 is 6.03 Å². The molecule has 0 spiro atoms. The van der Waals surface area contributed by atoms with E-state index in [4.69, 9.17) is 0 Å². The number of nitrogens with one attached hydrogen (secondary N) is 2. The smallest absolute Gasteiger partial charge is 0.321 e. The fourth-order valence-corrected chi connectivity index (χ4v) is 3.16. The van der Waals surface area contributed by atoms with Crippen LogP contribution in [0.2, 0.25) is 0 Å². The molecule has 0 aliphatic rings. The average molecular weight is 361 g/mol. The Morgan fingerprint density at radius 2 is 1.88 bits per heavy atom. The molecule has 1 aromatic heterocycles. The Labute approximate surface area is 151 Å². The molecule has 0 aliphatic carbocycles. The van der Waals surface area contributed by atoms with Crippen molar-refractivity contribution in [1.82, 2.24) is 25.4 Å². The number of carbonyl (C=O) groups excluding carboxylic acids is 2. The maximum atomic E-state index is 12.1. The van der Waals surface area contributed by atoms with Crippen molar-refractivity contribution in [1.29, 1.82) is 0 Å². The zero-order valence-corrected chi connectivity index (χ0v) is 15.6. The molecule has 1 aromatic carbocycles. The van der Waals surface area contributed by atoms with E-state index in [9.17, 15) is 9.59 Å². The van der Waals surface area contributed by atoms with Gasteiger partial charge in [-0.05, 0) is 20.3 Å². The van der Waals surface area contributed by atoms with Crippen molar-refractivity contribution in [2.75, 3.05) is 7.05 Å². The third-order valence-corrected chi connectivity index (χ3v) is 4.90. The van der Waals surface area contributed by atoms with Crippen molar-refractivity contribution in [3.63, 3.8) is 0 Å². The van der Waals surface area contributed by atoms with Crippen molar-refractivity contribution in [2.45, 2.75) is 43.6 Å².